The van der Waals surface area contributed by atoms with Crippen LogP contribution in [0, 0.1) is 11.3 Å². The van der Waals surface area contributed by atoms with Crippen LogP contribution in [0.5, 0.6) is 5.75 Å². The van der Waals surface area contributed by atoms with Crippen LogP contribution in [-0.2, 0) is 9.59 Å². The van der Waals surface area contributed by atoms with Crippen LogP contribution in [-0.4, -0.2) is 59.8 Å². The highest BCUT2D eigenvalue weighted by atomic mass is 16.5. The summed E-state index contributed by atoms with van der Waals surface area (Å²) in [5.74, 6) is -0.284. The lowest BCUT2D eigenvalue weighted by molar-refractivity contribution is -0.137. The molecule has 0 aliphatic carbocycles. The molecule has 2 aliphatic rings. The number of carbonyl (C=O) groups excluding carboxylic acids is 3. The van der Waals surface area contributed by atoms with Gasteiger partial charge in [-0.1, -0.05) is 42.5 Å². The van der Waals surface area contributed by atoms with E-state index in [4.69, 9.17) is 4.74 Å². The molecule has 174 valence electrons. The summed E-state index contributed by atoms with van der Waals surface area (Å²) in [6.07, 6.45) is 0. The van der Waals surface area contributed by atoms with Gasteiger partial charge >= 0.3 is 0 Å². The van der Waals surface area contributed by atoms with Crippen LogP contribution in [0.1, 0.15) is 15.9 Å². The van der Waals surface area contributed by atoms with Gasteiger partial charge in [0.2, 0.25) is 5.91 Å². The van der Waals surface area contributed by atoms with E-state index in [9.17, 15) is 19.6 Å². The molecule has 0 aromatic heterocycles. The summed E-state index contributed by atoms with van der Waals surface area (Å²) >= 11 is 0. The van der Waals surface area contributed by atoms with Crippen molar-refractivity contribution in [2.75, 3.05) is 31.6 Å². The third-order valence-corrected chi connectivity index (χ3v) is 6.27. The average molecular weight is 466 g/mol. The number of hydrogen-bond acceptors (Lipinski definition) is 5. The van der Waals surface area contributed by atoms with Crippen molar-refractivity contribution in [3.05, 3.63) is 83.9 Å². The van der Waals surface area contributed by atoms with Crippen molar-refractivity contribution in [3.63, 3.8) is 0 Å². The fraction of sp³-hybridized carbons (Fsp3) is 0.185. The summed E-state index contributed by atoms with van der Waals surface area (Å²) in [5, 5.41) is 12.3. The van der Waals surface area contributed by atoms with Crippen LogP contribution < -0.4 is 10.1 Å². The number of ether oxygens (including phenoxy) is 1. The van der Waals surface area contributed by atoms with Crippen LogP contribution >= 0.6 is 0 Å². The minimum absolute atomic E-state index is 0.0899. The molecule has 3 aromatic carbocycles. The number of rotatable bonds is 4. The van der Waals surface area contributed by atoms with E-state index < -0.39 is 6.04 Å². The Hall–Kier alpha value is -4.64. The van der Waals surface area contributed by atoms with E-state index in [1.807, 2.05) is 30.3 Å². The zero-order chi connectivity index (χ0) is 24.4. The zero-order valence-corrected chi connectivity index (χ0v) is 18.8. The summed E-state index contributed by atoms with van der Waals surface area (Å²) in [7, 11) is 0. The number of hydrogen-bond donors (Lipinski definition) is 1. The topological polar surface area (TPSA) is 103 Å². The van der Waals surface area contributed by atoms with Crippen molar-refractivity contribution >= 4 is 23.4 Å². The van der Waals surface area contributed by atoms with Crippen LogP contribution in [0.3, 0.4) is 0 Å². The first kappa shape index (κ1) is 22.2. The number of carbonyl (C=O) groups is 3. The van der Waals surface area contributed by atoms with Crippen molar-refractivity contribution in [2.24, 2.45) is 0 Å². The summed E-state index contributed by atoms with van der Waals surface area (Å²) in [4.78, 5) is 42.3. The number of anilines is 1. The van der Waals surface area contributed by atoms with Crippen molar-refractivity contribution in [1.29, 1.82) is 5.26 Å². The Balaban J connectivity index is 1.35. The van der Waals surface area contributed by atoms with Crippen LogP contribution in [0.2, 0.25) is 0 Å². The Morgan fingerprint density at radius 1 is 1.00 bits per heavy atom. The Bertz CT molecular complexity index is 1350. The highest BCUT2D eigenvalue weighted by Crippen LogP contribution is 2.31. The Kier molecular flexibility index (Phi) is 5.90. The lowest BCUT2D eigenvalue weighted by Crippen LogP contribution is -2.60. The molecule has 2 aliphatic heterocycles. The van der Waals surface area contributed by atoms with Gasteiger partial charge in [-0.2, -0.15) is 5.26 Å². The lowest BCUT2D eigenvalue weighted by atomic mass is 9.97. The number of nitrogens with zero attached hydrogens (tertiary/aromatic N) is 3. The summed E-state index contributed by atoms with van der Waals surface area (Å²) in [6.45, 7) is 0.478. The second-order valence-corrected chi connectivity index (χ2v) is 8.36. The van der Waals surface area contributed by atoms with Crippen LogP contribution in [0.15, 0.2) is 72.8 Å². The summed E-state index contributed by atoms with van der Waals surface area (Å²) < 4.78 is 5.56. The number of nitriles is 1. The third kappa shape index (κ3) is 4.32. The molecule has 0 radical (unpaired) electrons. The molecule has 3 amide bonds. The molecule has 1 unspecified atom stereocenters. The van der Waals surface area contributed by atoms with Gasteiger partial charge in [0.25, 0.3) is 11.8 Å². The smallest absolute Gasteiger partial charge is 0.260 e. The molecule has 5 rings (SSSR count). The number of nitrogens with one attached hydrogen (secondary N) is 1. The van der Waals surface area contributed by atoms with Crippen molar-refractivity contribution in [2.45, 2.75) is 6.04 Å². The monoisotopic (exact) mass is 466 g/mol. The van der Waals surface area contributed by atoms with Gasteiger partial charge in [-0.05, 0) is 41.5 Å². The Labute approximate surface area is 202 Å². The van der Waals surface area contributed by atoms with Gasteiger partial charge in [0.15, 0.2) is 6.61 Å². The third-order valence-electron chi connectivity index (χ3n) is 6.27. The molecule has 0 bridgehead atoms. The molecular formula is C27H22N4O4. The predicted octanol–water partition coefficient (Wildman–Crippen LogP) is 2.91. The number of benzene rings is 3. The molecule has 1 atom stereocenters. The molecule has 3 aromatic rings. The SMILES string of the molecule is N#Cc1ccccc1-c1ccc2c(c1)C(=O)N1CCN(C(=O)COc3ccccc3)CC1C(=O)N2. The largest absolute Gasteiger partial charge is 0.484 e. The molecule has 0 spiro atoms. The summed E-state index contributed by atoms with van der Waals surface area (Å²) in [5.41, 5.74) is 2.71. The first-order valence-corrected chi connectivity index (χ1v) is 11.3. The van der Waals surface area contributed by atoms with Gasteiger partial charge in [-0.15, -0.1) is 0 Å². The second-order valence-electron chi connectivity index (χ2n) is 8.36. The first-order chi connectivity index (χ1) is 17.0. The standard InChI is InChI=1S/C27H22N4O4/c28-15-19-6-4-5-9-21(19)18-10-11-23-22(14-18)27(34)31-13-12-30(16-24(31)26(33)29-23)25(32)17-35-20-7-2-1-3-8-20/h1-11,14,24H,12-13,16-17H2,(H,29,33). The average Bonchev–Trinajstić information content (AvgIpc) is 3.01. The van der Waals surface area contributed by atoms with E-state index in [1.54, 1.807) is 47.4 Å². The molecule has 0 saturated carbocycles. The normalized spacial score (nSPS) is 16.9. The van der Waals surface area contributed by atoms with E-state index >= 15 is 0 Å². The highest BCUT2D eigenvalue weighted by molar-refractivity contribution is 6.11. The van der Waals surface area contributed by atoms with E-state index in [2.05, 4.69) is 11.4 Å². The van der Waals surface area contributed by atoms with E-state index in [0.29, 0.717) is 40.2 Å². The lowest BCUT2D eigenvalue weighted by Gasteiger charge is -2.39. The van der Waals surface area contributed by atoms with Crippen molar-refractivity contribution in [1.82, 2.24) is 9.80 Å². The summed E-state index contributed by atoms with van der Waals surface area (Å²) in [6, 6.07) is 22.7. The van der Waals surface area contributed by atoms with Crippen molar-refractivity contribution < 1.29 is 19.1 Å². The second kappa shape index (κ2) is 9.31. The van der Waals surface area contributed by atoms with Gasteiger partial charge in [0, 0.05) is 13.1 Å². The molecule has 1 saturated heterocycles. The van der Waals surface area contributed by atoms with Gasteiger partial charge in [0.1, 0.15) is 11.8 Å². The molecule has 35 heavy (non-hydrogen) atoms. The molecule has 8 heteroatoms. The number of amides is 3. The van der Waals surface area contributed by atoms with Gasteiger partial charge in [0.05, 0.1) is 29.4 Å². The van der Waals surface area contributed by atoms with Gasteiger partial charge < -0.3 is 19.9 Å². The number of fused-ring (bicyclic) bond motifs is 2. The van der Waals surface area contributed by atoms with Crippen molar-refractivity contribution in [3.8, 4) is 22.9 Å². The Morgan fingerprint density at radius 3 is 2.57 bits per heavy atom. The number of para-hydroxylation sites is 1. The van der Waals surface area contributed by atoms with Crippen LogP contribution in [0.4, 0.5) is 5.69 Å². The maximum atomic E-state index is 13.5. The molecule has 8 nitrogen and oxygen atoms in total. The maximum Gasteiger partial charge on any atom is 0.260 e. The molecule has 1 fully saturated rings. The number of piperazine rings is 1. The molecule has 1 N–H and O–H groups in total. The van der Waals surface area contributed by atoms with Gasteiger partial charge in [-0.25, -0.2) is 0 Å². The van der Waals surface area contributed by atoms with E-state index in [-0.39, 0.29) is 37.4 Å². The fourth-order valence-corrected chi connectivity index (χ4v) is 4.43. The van der Waals surface area contributed by atoms with E-state index in [1.165, 1.54) is 4.90 Å². The quantitative estimate of drug-likeness (QED) is 0.637. The molecular weight excluding hydrogens is 444 g/mol. The minimum atomic E-state index is -0.806. The maximum absolute atomic E-state index is 13.5. The van der Waals surface area contributed by atoms with Crippen LogP contribution in [0.25, 0.3) is 11.1 Å². The fourth-order valence-electron chi connectivity index (χ4n) is 4.43. The van der Waals surface area contributed by atoms with E-state index in [0.717, 1.165) is 0 Å². The minimum Gasteiger partial charge on any atom is -0.484 e. The van der Waals surface area contributed by atoms with Gasteiger partial charge in [-0.3, -0.25) is 14.4 Å². The Morgan fingerprint density at radius 2 is 1.77 bits per heavy atom. The molecule has 2 heterocycles. The first-order valence-electron chi connectivity index (χ1n) is 11.3. The predicted molar refractivity (Wildman–Crippen MR) is 129 cm³/mol. The highest BCUT2D eigenvalue weighted by Gasteiger charge is 2.40. The zero-order valence-electron chi connectivity index (χ0n) is 18.8.